The van der Waals surface area contributed by atoms with Crippen molar-refractivity contribution in [3.8, 4) is 0 Å². The van der Waals surface area contributed by atoms with Crippen molar-refractivity contribution in [3.63, 3.8) is 0 Å². The molecule has 18 heavy (non-hydrogen) atoms. The van der Waals surface area contributed by atoms with Crippen LogP contribution in [0.15, 0.2) is 46.5 Å². The molecule has 2 nitrogen and oxygen atoms in total. The van der Waals surface area contributed by atoms with Crippen LogP contribution in [0, 0.1) is 11.6 Å². The topological polar surface area (TPSA) is 38.9 Å². The fourth-order valence-corrected chi connectivity index (χ4v) is 2.23. The Morgan fingerprint density at radius 2 is 1.94 bits per heavy atom. The largest absolute Gasteiger partial charge is 0.330 e. The summed E-state index contributed by atoms with van der Waals surface area (Å²) in [5, 5.41) is 0.738. The minimum absolute atomic E-state index is 0.581. The van der Waals surface area contributed by atoms with Crippen LogP contribution in [0.3, 0.4) is 0 Å². The number of nitrogens with two attached hydrogens (primary N) is 1. The van der Waals surface area contributed by atoms with Gasteiger partial charge in [0.15, 0.2) is 11.6 Å². The van der Waals surface area contributed by atoms with Crippen molar-refractivity contribution in [2.24, 2.45) is 5.73 Å². The van der Waals surface area contributed by atoms with Gasteiger partial charge >= 0.3 is 0 Å². The molecule has 0 radical (unpaired) electrons. The normalized spacial score (nSPS) is 10.6. The Morgan fingerprint density at radius 1 is 1.11 bits per heavy atom. The SMILES string of the molecule is NCCc1ccc(Sc2ccc(F)c(F)c2)nc1. The first-order valence-corrected chi connectivity index (χ1v) is 6.28. The van der Waals surface area contributed by atoms with Crippen LogP contribution in [0.25, 0.3) is 0 Å². The molecule has 0 aliphatic carbocycles. The average Bonchev–Trinajstić information content (AvgIpc) is 2.37. The molecular weight excluding hydrogens is 254 g/mol. The van der Waals surface area contributed by atoms with Crippen molar-refractivity contribution >= 4 is 11.8 Å². The molecule has 0 spiro atoms. The second kappa shape index (κ2) is 5.93. The molecule has 0 fully saturated rings. The van der Waals surface area contributed by atoms with Crippen LogP contribution in [-0.4, -0.2) is 11.5 Å². The van der Waals surface area contributed by atoms with Crippen molar-refractivity contribution in [1.82, 2.24) is 4.98 Å². The lowest BCUT2D eigenvalue weighted by Crippen LogP contribution is -2.02. The van der Waals surface area contributed by atoms with Gasteiger partial charge in [-0.1, -0.05) is 17.8 Å². The lowest BCUT2D eigenvalue weighted by Gasteiger charge is -2.03. The molecule has 2 N–H and O–H groups in total. The van der Waals surface area contributed by atoms with Gasteiger partial charge in [-0.3, -0.25) is 0 Å². The molecule has 0 aliphatic rings. The molecule has 0 saturated heterocycles. The van der Waals surface area contributed by atoms with Crippen LogP contribution >= 0.6 is 11.8 Å². The molecule has 0 unspecified atom stereocenters. The Balaban J connectivity index is 2.10. The van der Waals surface area contributed by atoms with Crippen LogP contribution in [0.1, 0.15) is 5.56 Å². The summed E-state index contributed by atoms with van der Waals surface area (Å²) in [6, 6.07) is 7.58. The third-order valence-electron chi connectivity index (χ3n) is 2.34. The Kier molecular flexibility index (Phi) is 4.28. The number of hydrogen-bond acceptors (Lipinski definition) is 3. The predicted molar refractivity (Wildman–Crippen MR) is 67.5 cm³/mol. The molecule has 0 amide bonds. The molecule has 0 bridgehead atoms. The van der Waals surface area contributed by atoms with Gasteiger partial charge in [0.1, 0.15) is 5.03 Å². The summed E-state index contributed by atoms with van der Waals surface area (Å²) in [5.41, 5.74) is 6.50. The lowest BCUT2D eigenvalue weighted by atomic mass is 10.2. The smallest absolute Gasteiger partial charge is 0.159 e. The van der Waals surface area contributed by atoms with Crippen molar-refractivity contribution in [2.45, 2.75) is 16.3 Å². The predicted octanol–water partition coefficient (Wildman–Crippen LogP) is 3.01. The van der Waals surface area contributed by atoms with Crippen LogP contribution in [0.2, 0.25) is 0 Å². The molecular formula is C13H12F2N2S. The molecule has 5 heteroatoms. The van der Waals surface area contributed by atoms with E-state index in [0.717, 1.165) is 29.1 Å². The van der Waals surface area contributed by atoms with E-state index in [1.807, 2.05) is 12.1 Å². The second-order valence-corrected chi connectivity index (χ2v) is 4.82. The maximum absolute atomic E-state index is 13.0. The Morgan fingerprint density at radius 3 is 2.56 bits per heavy atom. The van der Waals surface area contributed by atoms with Crippen LogP contribution in [0.5, 0.6) is 0 Å². The van der Waals surface area contributed by atoms with E-state index in [0.29, 0.717) is 11.4 Å². The summed E-state index contributed by atoms with van der Waals surface area (Å²) in [6.07, 6.45) is 2.53. The van der Waals surface area contributed by atoms with E-state index < -0.39 is 11.6 Å². The zero-order chi connectivity index (χ0) is 13.0. The summed E-state index contributed by atoms with van der Waals surface area (Å²) in [7, 11) is 0. The maximum atomic E-state index is 13.0. The molecule has 1 aromatic heterocycles. The monoisotopic (exact) mass is 266 g/mol. The number of rotatable bonds is 4. The summed E-state index contributed by atoms with van der Waals surface area (Å²) in [4.78, 5) is 4.85. The van der Waals surface area contributed by atoms with E-state index in [1.54, 1.807) is 6.20 Å². The van der Waals surface area contributed by atoms with E-state index in [1.165, 1.54) is 17.8 Å². The summed E-state index contributed by atoms with van der Waals surface area (Å²) in [5.74, 6) is -1.69. The van der Waals surface area contributed by atoms with Gasteiger partial charge in [0.25, 0.3) is 0 Å². The molecule has 2 aromatic rings. The molecule has 0 atom stereocenters. The van der Waals surface area contributed by atoms with Gasteiger partial charge in [-0.25, -0.2) is 13.8 Å². The Hall–Kier alpha value is -1.46. The van der Waals surface area contributed by atoms with Gasteiger partial charge in [0.05, 0.1) is 0 Å². The number of pyridine rings is 1. The maximum Gasteiger partial charge on any atom is 0.159 e. The Labute approximate surface area is 108 Å². The fourth-order valence-electron chi connectivity index (χ4n) is 1.45. The lowest BCUT2D eigenvalue weighted by molar-refractivity contribution is 0.506. The standard InChI is InChI=1S/C13H12F2N2S/c14-11-3-2-10(7-12(11)15)18-13-4-1-9(5-6-16)8-17-13/h1-4,7-8H,5-6,16H2. The van der Waals surface area contributed by atoms with Gasteiger partial charge in [-0.15, -0.1) is 0 Å². The highest BCUT2D eigenvalue weighted by molar-refractivity contribution is 7.99. The molecule has 0 aliphatic heterocycles. The van der Waals surface area contributed by atoms with Crippen molar-refractivity contribution in [2.75, 3.05) is 6.54 Å². The van der Waals surface area contributed by atoms with E-state index in [-0.39, 0.29) is 0 Å². The molecule has 0 saturated carbocycles. The van der Waals surface area contributed by atoms with Gasteiger partial charge in [0, 0.05) is 11.1 Å². The molecule has 1 aromatic carbocycles. The van der Waals surface area contributed by atoms with Crippen LogP contribution < -0.4 is 5.73 Å². The highest BCUT2D eigenvalue weighted by Gasteiger charge is 2.04. The molecule has 94 valence electrons. The van der Waals surface area contributed by atoms with Crippen LogP contribution in [-0.2, 0) is 6.42 Å². The van der Waals surface area contributed by atoms with E-state index >= 15 is 0 Å². The van der Waals surface area contributed by atoms with Gasteiger partial charge in [-0.05, 0) is 42.8 Å². The van der Waals surface area contributed by atoms with Gasteiger partial charge < -0.3 is 5.73 Å². The van der Waals surface area contributed by atoms with E-state index in [2.05, 4.69) is 4.98 Å². The second-order valence-electron chi connectivity index (χ2n) is 3.72. The minimum atomic E-state index is -0.847. The van der Waals surface area contributed by atoms with Gasteiger partial charge in [0.2, 0.25) is 0 Å². The molecule has 1 heterocycles. The number of aromatic nitrogens is 1. The van der Waals surface area contributed by atoms with Crippen molar-refractivity contribution in [1.29, 1.82) is 0 Å². The zero-order valence-corrected chi connectivity index (χ0v) is 10.4. The summed E-state index contributed by atoms with van der Waals surface area (Å²) >= 11 is 1.29. The highest BCUT2D eigenvalue weighted by Crippen LogP contribution is 2.27. The number of hydrogen-bond donors (Lipinski definition) is 1. The van der Waals surface area contributed by atoms with Crippen molar-refractivity contribution in [3.05, 3.63) is 53.7 Å². The summed E-state index contributed by atoms with van der Waals surface area (Å²) < 4.78 is 25.8. The Bertz CT molecular complexity index is 529. The van der Waals surface area contributed by atoms with E-state index in [4.69, 9.17) is 5.73 Å². The first-order valence-electron chi connectivity index (χ1n) is 5.47. The fraction of sp³-hybridized carbons (Fsp3) is 0.154. The highest BCUT2D eigenvalue weighted by atomic mass is 32.2. The third-order valence-corrected chi connectivity index (χ3v) is 3.28. The van der Waals surface area contributed by atoms with Crippen LogP contribution in [0.4, 0.5) is 8.78 Å². The first kappa shape index (κ1) is 13.0. The quantitative estimate of drug-likeness (QED) is 0.924. The van der Waals surface area contributed by atoms with Crippen molar-refractivity contribution < 1.29 is 8.78 Å². The zero-order valence-electron chi connectivity index (χ0n) is 9.57. The molecule has 2 rings (SSSR count). The van der Waals surface area contributed by atoms with E-state index in [9.17, 15) is 8.78 Å². The minimum Gasteiger partial charge on any atom is -0.330 e. The number of halogens is 2. The first-order chi connectivity index (χ1) is 8.69. The number of benzene rings is 1. The van der Waals surface area contributed by atoms with Gasteiger partial charge in [-0.2, -0.15) is 0 Å². The average molecular weight is 266 g/mol. The number of nitrogens with zero attached hydrogens (tertiary/aromatic N) is 1. The third kappa shape index (κ3) is 3.27. The summed E-state index contributed by atoms with van der Waals surface area (Å²) in [6.45, 7) is 0.581.